The standard InChI is InChI=1S/C18H17N3O2S/c1-11-5-2-3-7-13(11)20-15(22)9-21-10-19-17-16(18(21)23)12-6-4-8-14(12)24-17/h2-3,5,7,10H,4,6,8-9H2,1H3,(H,20,22). The van der Waals surface area contributed by atoms with E-state index < -0.39 is 0 Å². The van der Waals surface area contributed by atoms with Gasteiger partial charge in [0.2, 0.25) is 5.91 Å². The van der Waals surface area contributed by atoms with E-state index in [1.165, 1.54) is 15.8 Å². The Morgan fingerprint density at radius 2 is 2.17 bits per heavy atom. The van der Waals surface area contributed by atoms with Crippen LogP contribution in [-0.4, -0.2) is 15.5 Å². The Labute approximate surface area is 143 Å². The summed E-state index contributed by atoms with van der Waals surface area (Å²) in [6.45, 7) is 1.91. The van der Waals surface area contributed by atoms with Gasteiger partial charge in [-0.15, -0.1) is 11.3 Å². The van der Waals surface area contributed by atoms with E-state index in [1.54, 1.807) is 11.3 Å². The van der Waals surface area contributed by atoms with Crippen molar-refractivity contribution in [2.75, 3.05) is 5.32 Å². The fourth-order valence-corrected chi connectivity index (χ4v) is 4.41. The number of aryl methyl sites for hydroxylation is 3. The van der Waals surface area contributed by atoms with Gasteiger partial charge in [-0.2, -0.15) is 0 Å². The number of para-hydroxylation sites is 1. The van der Waals surface area contributed by atoms with Gasteiger partial charge in [0, 0.05) is 10.6 Å². The van der Waals surface area contributed by atoms with Crippen LogP contribution in [0.1, 0.15) is 22.4 Å². The van der Waals surface area contributed by atoms with Crippen molar-refractivity contribution in [2.24, 2.45) is 0 Å². The van der Waals surface area contributed by atoms with E-state index in [4.69, 9.17) is 0 Å². The summed E-state index contributed by atoms with van der Waals surface area (Å²) in [7, 11) is 0. The lowest BCUT2D eigenvalue weighted by atomic mass is 10.2. The van der Waals surface area contributed by atoms with Gasteiger partial charge in [0.05, 0.1) is 11.7 Å². The van der Waals surface area contributed by atoms with E-state index in [0.717, 1.165) is 40.9 Å². The number of anilines is 1. The van der Waals surface area contributed by atoms with E-state index in [9.17, 15) is 9.59 Å². The average Bonchev–Trinajstić information content (AvgIpc) is 3.13. The van der Waals surface area contributed by atoms with Crippen LogP contribution in [0.4, 0.5) is 5.69 Å². The van der Waals surface area contributed by atoms with E-state index in [0.29, 0.717) is 5.39 Å². The van der Waals surface area contributed by atoms with Crippen molar-refractivity contribution in [1.29, 1.82) is 0 Å². The van der Waals surface area contributed by atoms with Crippen LogP contribution in [0.25, 0.3) is 10.2 Å². The first-order chi connectivity index (χ1) is 11.6. The summed E-state index contributed by atoms with van der Waals surface area (Å²) >= 11 is 1.61. The molecule has 24 heavy (non-hydrogen) atoms. The second kappa shape index (κ2) is 5.87. The predicted octanol–water partition coefficient (Wildman–Crippen LogP) is 2.89. The first-order valence-electron chi connectivity index (χ1n) is 7.98. The van der Waals surface area contributed by atoms with Crippen LogP contribution in [0.5, 0.6) is 0 Å². The zero-order chi connectivity index (χ0) is 16.7. The van der Waals surface area contributed by atoms with E-state index in [-0.39, 0.29) is 18.0 Å². The third-order valence-corrected chi connectivity index (χ3v) is 5.62. The predicted molar refractivity (Wildman–Crippen MR) is 95.7 cm³/mol. The molecule has 0 atom stereocenters. The van der Waals surface area contributed by atoms with Crippen LogP contribution in [0.15, 0.2) is 35.4 Å². The summed E-state index contributed by atoms with van der Waals surface area (Å²) in [4.78, 5) is 31.5. The van der Waals surface area contributed by atoms with Crippen LogP contribution >= 0.6 is 11.3 Å². The van der Waals surface area contributed by atoms with Crippen molar-refractivity contribution < 1.29 is 4.79 Å². The van der Waals surface area contributed by atoms with Crippen molar-refractivity contribution in [3.8, 4) is 0 Å². The number of thiophene rings is 1. The lowest BCUT2D eigenvalue weighted by Crippen LogP contribution is -2.28. The molecule has 0 radical (unpaired) electrons. The molecule has 0 unspecified atom stereocenters. The Morgan fingerprint density at radius 3 is 3.00 bits per heavy atom. The molecule has 0 saturated heterocycles. The van der Waals surface area contributed by atoms with Crippen LogP contribution in [-0.2, 0) is 24.2 Å². The highest BCUT2D eigenvalue weighted by atomic mass is 32.1. The molecular formula is C18H17N3O2S. The van der Waals surface area contributed by atoms with Crippen LogP contribution in [0.2, 0.25) is 0 Å². The minimum absolute atomic E-state index is 0.0271. The van der Waals surface area contributed by atoms with Crippen LogP contribution in [0, 0.1) is 6.92 Å². The number of carbonyl (C=O) groups is 1. The number of benzene rings is 1. The fraction of sp³-hybridized carbons (Fsp3) is 0.278. The summed E-state index contributed by atoms with van der Waals surface area (Å²) < 4.78 is 1.40. The molecule has 122 valence electrons. The highest BCUT2D eigenvalue weighted by Crippen LogP contribution is 2.34. The normalized spacial score (nSPS) is 13.2. The van der Waals surface area contributed by atoms with Gasteiger partial charge in [-0.05, 0) is 43.4 Å². The Kier molecular flexibility index (Phi) is 3.69. The minimum Gasteiger partial charge on any atom is -0.324 e. The van der Waals surface area contributed by atoms with Gasteiger partial charge in [-0.1, -0.05) is 18.2 Å². The lowest BCUT2D eigenvalue weighted by Gasteiger charge is -2.09. The second-order valence-electron chi connectivity index (χ2n) is 6.08. The molecule has 1 aliphatic rings. The SMILES string of the molecule is Cc1ccccc1NC(=O)Cn1cnc2sc3c(c2c1=O)CCC3. The minimum atomic E-state index is -0.223. The maximum absolute atomic E-state index is 12.8. The molecular weight excluding hydrogens is 322 g/mol. The third kappa shape index (κ3) is 2.53. The Balaban J connectivity index is 1.63. The molecule has 2 aromatic heterocycles. The molecule has 5 nitrogen and oxygen atoms in total. The molecule has 0 fully saturated rings. The number of rotatable bonds is 3. The highest BCUT2D eigenvalue weighted by Gasteiger charge is 2.21. The number of nitrogens with zero attached hydrogens (tertiary/aromatic N) is 2. The number of hydrogen-bond donors (Lipinski definition) is 1. The summed E-state index contributed by atoms with van der Waals surface area (Å²) in [5, 5.41) is 3.56. The van der Waals surface area contributed by atoms with Crippen molar-refractivity contribution in [3.05, 3.63) is 57.0 Å². The van der Waals surface area contributed by atoms with Gasteiger partial charge in [-0.3, -0.25) is 14.2 Å². The van der Waals surface area contributed by atoms with Gasteiger partial charge >= 0.3 is 0 Å². The topological polar surface area (TPSA) is 64.0 Å². The summed E-state index contributed by atoms with van der Waals surface area (Å²) in [6, 6.07) is 7.58. The van der Waals surface area contributed by atoms with Crippen molar-refractivity contribution in [1.82, 2.24) is 9.55 Å². The highest BCUT2D eigenvalue weighted by molar-refractivity contribution is 7.18. The van der Waals surface area contributed by atoms with Crippen molar-refractivity contribution >= 4 is 33.1 Å². The van der Waals surface area contributed by atoms with Crippen molar-refractivity contribution in [3.63, 3.8) is 0 Å². The summed E-state index contributed by atoms with van der Waals surface area (Å²) in [5.74, 6) is -0.223. The van der Waals surface area contributed by atoms with Crippen LogP contribution < -0.4 is 10.9 Å². The molecule has 2 heterocycles. The molecule has 3 aromatic rings. The number of nitrogens with one attached hydrogen (secondary N) is 1. The molecule has 1 N–H and O–H groups in total. The number of amides is 1. The average molecular weight is 339 g/mol. The third-order valence-electron chi connectivity index (χ3n) is 4.42. The Bertz CT molecular complexity index is 1000. The number of fused-ring (bicyclic) bond motifs is 3. The van der Waals surface area contributed by atoms with E-state index >= 15 is 0 Å². The summed E-state index contributed by atoms with van der Waals surface area (Å²) in [5.41, 5.74) is 2.78. The zero-order valence-electron chi connectivity index (χ0n) is 13.3. The Morgan fingerprint density at radius 1 is 1.33 bits per heavy atom. The molecule has 0 spiro atoms. The molecule has 0 saturated carbocycles. The van der Waals surface area contributed by atoms with Gasteiger partial charge in [-0.25, -0.2) is 4.98 Å². The molecule has 1 amide bonds. The van der Waals surface area contributed by atoms with Crippen LogP contribution in [0.3, 0.4) is 0 Å². The molecule has 0 aliphatic heterocycles. The van der Waals surface area contributed by atoms with E-state index in [1.807, 2.05) is 31.2 Å². The molecule has 1 aliphatic carbocycles. The molecule has 6 heteroatoms. The second-order valence-corrected chi connectivity index (χ2v) is 7.16. The number of carbonyl (C=O) groups excluding carboxylic acids is 1. The number of hydrogen-bond acceptors (Lipinski definition) is 4. The monoisotopic (exact) mass is 339 g/mol. The summed E-state index contributed by atoms with van der Waals surface area (Å²) in [6.07, 6.45) is 4.54. The largest absolute Gasteiger partial charge is 0.324 e. The molecule has 0 bridgehead atoms. The van der Waals surface area contributed by atoms with Gasteiger partial charge in [0.1, 0.15) is 11.4 Å². The quantitative estimate of drug-likeness (QED) is 0.798. The molecule has 1 aromatic carbocycles. The number of aromatic nitrogens is 2. The lowest BCUT2D eigenvalue weighted by molar-refractivity contribution is -0.116. The van der Waals surface area contributed by atoms with Gasteiger partial charge in [0.15, 0.2) is 0 Å². The first kappa shape index (κ1) is 15.1. The van der Waals surface area contributed by atoms with Gasteiger partial charge < -0.3 is 5.32 Å². The smallest absolute Gasteiger partial charge is 0.262 e. The Hall–Kier alpha value is -2.47. The zero-order valence-corrected chi connectivity index (χ0v) is 14.2. The maximum Gasteiger partial charge on any atom is 0.262 e. The van der Waals surface area contributed by atoms with E-state index in [2.05, 4.69) is 10.3 Å². The van der Waals surface area contributed by atoms with Crippen molar-refractivity contribution in [2.45, 2.75) is 32.7 Å². The maximum atomic E-state index is 12.8. The van der Waals surface area contributed by atoms with Gasteiger partial charge in [0.25, 0.3) is 5.56 Å². The fourth-order valence-electron chi connectivity index (χ4n) is 3.19. The first-order valence-corrected chi connectivity index (χ1v) is 8.80. The molecule has 4 rings (SSSR count).